The van der Waals surface area contributed by atoms with Crippen molar-refractivity contribution < 1.29 is 0 Å². The van der Waals surface area contributed by atoms with Crippen LogP contribution in [0.2, 0.25) is 0 Å². The number of nitrogens with two attached hydrogens (primary N) is 2. The van der Waals surface area contributed by atoms with E-state index in [9.17, 15) is 0 Å². The summed E-state index contributed by atoms with van der Waals surface area (Å²) in [5.74, 6) is 0. The van der Waals surface area contributed by atoms with Gasteiger partial charge in [0.2, 0.25) is 0 Å². The molecule has 0 fully saturated rings. The van der Waals surface area contributed by atoms with Gasteiger partial charge in [0.25, 0.3) is 0 Å². The third-order valence-electron chi connectivity index (χ3n) is 4.28. The van der Waals surface area contributed by atoms with E-state index in [-0.39, 0.29) is 0 Å². The van der Waals surface area contributed by atoms with Gasteiger partial charge in [-0.25, -0.2) is 0 Å². The zero-order valence-electron chi connectivity index (χ0n) is 11.6. The van der Waals surface area contributed by atoms with E-state index in [1.54, 1.807) is 0 Å². The Morgan fingerprint density at radius 2 is 1.72 bits per heavy atom. The van der Waals surface area contributed by atoms with Crippen LogP contribution in [0.1, 0.15) is 30.5 Å². The van der Waals surface area contributed by atoms with Crippen molar-refractivity contribution in [3.63, 3.8) is 0 Å². The average Bonchev–Trinajstić information content (AvgIpc) is 2.27. The fraction of sp³-hybridized carbons (Fsp3) is 0.375. The lowest BCUT2D eigenvalue weighted by atomic mass is 9.69. The first-order chi connectivity index (χ1) is 8.27. The van der Waals surface area contributed by atoms with Crippen LogP contribution in [0.15, 0.2) is 36.4 Å². The molecule has 0 saturated heterocycles. The summed E-state index contributed by atoms with van der Waals surface area (Å²) in [6, 6.07) is 6.31. The number of hydrogen-bond donors (Lipinski definition) is 2. The number of allylic oxidation sites excluding steroid dienone is 2. The van der Waals surface area contributed by atoms with E-state index in [2.05, 4.69) is 38.1 Å². The highest BCUT2D eigenvalue weighted by Gasteiger charge is 2.41. The highest BCUT2D eigenvalue weighted by molar-refractivity contribution is 5.79. The van der Waals surface area contributed by atoms with E-state index >= 15 is 0 Å². The van der Waals surface area contributed by atoms with Gasteiger partial charge in [0.05, 0.1) is 11.1 Å². The number of aryl methyl sites for hydroxylation is 1. The summed E-state index contributed by atoms with van der Waals surface area (Å²) in [5, 5.41) is 0. The largest absolute Gasteiger partial charge is 0.320 e. The fourth-order valence-electron chi connectivity index (χ4n) is 2.39. The molecule has 0 radical (unpaired) electrons. The second-order valence-electron chi connectivity index (χ2n) is 5.67. The van der Waals surface area contributed by atoms with Crippen molar-refractivity contribution in [2.75, 3.05) is 0 Å². The monoisotopic (exact) mass is 242 g/mol. The highest BCUT2D eigenvalue weighted by atomic mass is 14.9. The maximum atomic E-state index is 6.51. The molecule has 0 aromatic heterocycles. The standard InChI is InChI=1S/C16H22N2/c1-11-7-5-8-13(12(11)2)14-9-6-10-15(3,17)16(14,4)18/h5-10H,17-18H2,1-4H3. The second kappa shape index (κ2) is 4.08. The Bertz CT molecular complexity index is 534. The van der Waals surface area contributed by atoms with Gasteiger partial charge in [-0.3, -0.25) is 0 Å². The van der Waals surface area contributed by atoms with Crippen LogP contribution in [0.25, 0.3) is 5.57 Å². The van der Waals surface area contributed by atoms with Gasteiger partial charge in [0.15, 0.2) is 0 Å². The van der Waals surface area contributed by atoms with Crippen LogP contribution in [0.3, 0.4) is 0 Å². The summed E-state index contributed by atoms with van der Waals surface area (Å²) in [7, 11) is 0. The van der Waals surface area contributed by atoms with Gasteiger partial charge in [0.1, 0.15) is 0 Å². The van der Waals surface area contributed by atoms with Crippen LogP contribution in [0.5, 0.6) is 0 Å². The van der Waals surface area contributed by atoms with Crippen LogP contribution in [0.4, 0.5) is 0 Å². The lowest BCUT2D eigenvalue weighted by molar-refractivity contribution is 0.396. The molecule has 2 unspecified atom stereocenters. The molecule has 96 valence electrons. The SMILES string of the molecule is Cc1cccc(C2=CC=CC(C)(N)C2(C)N)c1C. The van der Waals surface area contributed by atoms with E-state index in [4.69, 9.17) is 11.5 Å². The first kappa shape index (κ1) is 13.1. The topological polar surface area (TPSA) is 52.0 Å². The lowest BCUT2D eigenvalue weighted by Crippen LogP contribution is -2.62. The molecule has 0 heterocycles. The van der Waals surface area contributed by atoms with Gasteiger partial charge in [0, 0.05) is 0 Å². The number of rotatable bonds is 1. The molecule has 1 aromatic rings. The van der Waals surface area contributed by atoms with Gasteiger partial charge in [-0.15, -0.1) is 0 Å². The summed E-state index contributed by atoms with van der Waals surface area (Å²) in [6.45, 7) is 8.23. The molecule has 1 aliphatic rings. The Hall–Kier alpha value is -1.38. The van der Waals surface area contributed by atoms with Gasteiger partial charge >= 0.3 is 0 Å². The van der Waals surface area contributed by atoms with E-state index < -0.39 is 11.1 Å². The number of hydrogen-bond acceptors (Lipinski definition) is 2. The Morgan fingerprint density at radius 3 is 2.39 bits per heavy atom. The third-order valence-corrected chi connectivity index (χ3v) is 4.28. The second-order valence-corrected chi connectivity index (χ2v) is 5.67. The summed E-state index contributed by atoms with van der Waals surface area (Å²) in [5.41, 5.74) is 16.6. The summed E-state index contributed by atoms with van der Waals surface area (Å²) in [4.78, 5) is 0. The molecule has 2 atom stereocenters. The van der Waals surface area contributed by atoms with Crippen LogP contribution >= 0.6 is 0 Å². The van der Waals surface area contributed by atoms with Crippen molar-refractivity contribution >= 4 is 5.57 Å². The lowest BCUT2D eigenvalue weighted by Gasteiger charge is -2.43. The molecule has 0 bridgehead atoms. The molecule has 0 saturated carbocycles. The Labute approximate surface area is 109 Å². The minimum absolute atomic E-state index is 0.534. The van der Waals surface area contributed by atoms with Crippen molar-refractivity contribution in [1.29, 1.82) is 0 Å². The molecular formula is C16H22N2. The normalized spacial score (nSPS) is 31.3. The van der Waals surface area contributed by atoms with Crippen molar-refractivity contribution in [3.05, 3.63) is 53.1 Å². The molecular weight excluding hydrogens is 220 g/mol. The number of benzene rings is 1. The zero-order chi connectivity index (χ0) is 13.6. The van der Waals surface area contributed by atoms with Crippen molar-refractivity contribution in [2.45, 2.75) is 38.8 Å². The predicted octanol–water partition coefficient (Wildman–Crippen LogP) is 2.69. The maximum absolute atomic E-state index is 6.51. The molecule has 0 aliphatic heterocycles. The molecule has 2 nitrogen and oxygen atoms in total. The summed E-state index contributed by atoms with van der Waals surface area (Å²) in [6.07, 6.45) is 6.06. The first-order valence-corrected chi connectivity index (χ1v) is 6.32. The molecule has 1 aromatic carbocycles. The van der Waals surface area contributed by atoms with Crippen LogP contribution in [0, 0.1) is 13.8 Å². The smallest absolute Gasteiger partial charge is 0.0603 e. The fourth-order valence-corrected chi connectivity index (χ4v) is 2.39. The van der Waals surface area contributed by atoms with E-state index in [1.807, 2.05) is 26.0 Å². The zero-order valence-corrected chi connectivity index (χ0v) is 11.6. The first-order valence-electron chi connectivity index (χ1n) is 6.32. The molecule has 2 heteroatoms. The molecule has 18 heavy (non-hydrogen) atoms. The summed E-state index contributed by atoms with van der Waals surface area (Å²) < 4.78 is 0. The van der Waals surface area contributed by atoms with Gasteiger partial charge in [-0.1, -0.05) is 36.4 Å². The van der Waals surface area contributed by atoms with E-state index in [0.717, 1.165) is 5.57 Å². The molecule has 0 amide bonds. The third kappa shape index (κ3) is 1.82. The van der Waals surface area contributed by atoms with Gasteiger partial charge < -0.3 is 11.5 Å². The molecule has 2 rings (SSSR count). The molecule has 0 spiro atoms. The Kier molecular flexibility index (Phi) is 2.96. The van der Waals surface area contributed by atoms with Crippen LogP contribution in [-0.4, -0.2) is 11.1 Å². The average molecular weight is 242 g/mol. The van der Waals surface area contributed by atoms with Crippen molar-refractivity contribution in [3.8, 4) is 0 Å². The Morgan fingerprint density at radius 1 is 1.06 bits per heavy atom. The maximum Gasteiger partial charge on any atom is 0.0603 e. The van der Waals surface area contributed by atoms with E-state index in [0.29, 0.717) is 0 Å². The minimum Gasteiger partial charge on any atom is -0.320 e. The van der Waals surface area contributed by atoms with Crippen LogP contribution < -0.4 is 11.5 Å². The van der Waals surface area contributed by atoms with Crippen molar-refractivity contribution in [1.82, 2.24) is 0 Å². The van der Waals surface area contributed by atoms with E-state index in [1.165, 1.54) is 16.7 Å². The quantitative estimate of drug-likeness (QED) is 0.795. The van der Waals surface area contributed by atoms with Gasteiger partial charge in [-0.2, -0.15) is 0 Å². The molecule has 1 aliphatic carbocycles. The van der Waals surface area contributed by atoms with Gasteiger partial charge in [-0.05, 0) is 50.0 Å². The van der Waals surface area contributed by atoms with Crippen LogP contribution in [-0.2, 0) is 0 Å². The molecule has 4 N–H and O–H groups in total. The predicted molar refractivity (Wildman–Crippen MR) is 78.2 cm³/mol. The highest BCUT2D eigenvalue weighted by Crippen LogP contribution is 2.37. The van der Waals surface area contributed by atoms with Crippen molar-refractivity contribution in [2.24, 2.45) is 11.5 Å². The summed E-state index contributed by atoms with van der Waals surface area (Å²) >= 11 is 0. The Balaban J connectivity index is 2.61. The minimum atomic E-state index is -0.569.